The van der Waals surface area contributed by atoms with Crippen molar-refractivity contribution in [2.75, 3.05) is 31.1 Å². The predicted molar refractivity (Wildman–Crippen MR) is 108 cm³/mol. The van der Waals surface area contributed by atoms with Gasteiger partial charge in [0.05, 0.1) is 6.04 Å². The number of rotatable bonds is 4. The Morgan fingerprint density at radius 2 is 1.65 bits per heavy atom. The van der Waals surface area contributed by atoms with Crippen molar-refractivity contribution in [3.8, 4) is 0 Å². The number of halogens is 2. The summed E-state index contributed by atoms with van der Waals surface area (Å²) in [4.78, 5) is 16.8. The molecule has 1 aliphatic rings. The molecule has 1 fully saturated rings. The first-order valence-electron chi connectivity index (χ1n) is 8.74. The van der Waals surface area contributed by atoms with E-state index in [0.717, 1.165) is 29.4 Å². The Balaban J connectivity index is 1.57. The van der Waals surface area contributed by atoms with Crippen LogP contribution < -0.4 is 10.6 Å². The Morgan fingerprint density at radius 1 is 1.04 bits per heavy atom. The molecule has 0 radical (unpaired) electrons. The van der Waals surface area contributed by atoms with Gasteiger partial charge in [0.25, 0.3) is 0 Å². The van der Waals surface area contributed by atoms with Gasteiger partial charge in [-0.15, -0.1) is 0 Å². The lowest BCUT2D eigenvalue weighted by molar-refractivity contribution is -0.132. The number of benzene rings is 2. The Bertz CT molecular complexity index is 771. The van der Waals surface area contributed by atoms with E-state index in [1.807, 2.05) is 47.4 Å². The van der Waals surface area contributed by atoms with Crippen LogP contribution in [0.25, 0.3) is 0 Å². The molecular weight excluding hydrogens is 369 g/mol. The molecule has 4 nitrogen and oxygen atoms in total. The van der Waals surface area contributed by atoms with Crippen LogP contribution in [0, 0.1) is 6.92 Å². The highest BCUT2D eigenvalue weighted by Gasteiger charge is 2.26. The largest absolute Gasteiger partial charge is 0.368 e. The first kappa shape index (κ1) is 19.0. The molecule has 0 aliphatic carbocycles. The van der Waals surface area contributed by atoms with Gasteiger partial charge in [-0.25, -0.2) is 0 Å². The fourth-order valence-corrected chi connectivity index (χ4v) is 3.58. The van der Waals surface area contributed by atoms with E-state index in [0.29, 0.717) is 24.5 Å². The molecule has 1 unspecified atom stereocenters. The first-order valence-corrected chi connectivity index (χ1v) is 9.49. The number of amides is 1. The summed E-state index contributed by atoms with van der Waals surface area (Å²) in [6.07, 6.45) is 0.517. The molecular formula is C20H23Cl2N3O. The van der Waals surface area contributed by atoms with Crippen LogP contribution in [0.5, 0.6) is 0 Å². The van der Waals surface area contributed by atoms with Crippen LogP contribution in [0.1, 0.15) is 11.1 Å². The van der Waals surface area contributed by atoms with E-state index in [1.54, 1.807) is 0 Å². The second-order valence-electron chi connectivity index (χ2n) is 6.68. The van der Waals surface area contributed by atoms with Gasteiger partial charge < -0.3 is 15.5 Å². The van der Waals surface area contributed by atoms with Crippen LogP contribution in [-0.2, 0) is 11.2 Å². The summed E-state index contributed by atoms with van der Waals surface area (Å²) in [6, 6.07) is 12.8. The summed E-state index contributed by atoms with van der Waals surface area (Å²) < 4.78 is 0. The van der Waals surface area contributed by atoms with Crippen molar-refractivity contribution >= 4 is 34.8 Å². The maximum Gasteiger partial charge on any atom is 0.239 e. The van der Waals surface area contributed by atoms with Gasteiger partial charge in [-0.1, -0.05) is 41.4 Å². The summed E-state index contributed by atoms with van der Waals surface area (Å²) >= 11 is 12.0. The number of hydrogen-bond donors (Lipinski definition) is 1. The molecule has 2 aromatic carbocycles. The summed E-state index contributed by atoms with van der Waals surface area (Å²) in [5, 5.41) is 1.41. The van der Waals surface area contributed by atoms with Crippen LogP contribution in [0.15, 0.2) is 42.5 Å². The third kappa shape index (κ3) is 4.50. The molecule has 0 bridgehead atoms. The van der Waals surface area contributed by atoms with E-state index in [1.165, 1.54) is 5.56 Å². The van der Waals surface area contributed by atoms with Gasteiger partial charge in [0, 0.05) is 41.9 Å². The van der Waals surface area contributed by atoms with E-state index >= 15 is 0 Å². The van der Waals surface area contributed by atoms with Crippen molar-refractivity contribution < 1.29 is 4.79 Å². The lowest BCUT2D eigenvalue weighted by atomic mass is 10.1. The number of carbonyl (C=O) groups is 1. The molecule has 138 valence electrons. The molecule has 2 aromatic rings. The molecule has 1 atom stereocenters. The minimum atomic E-state index is -0.532. The second-order valence-corrected chi connectivity index (χ2v) is 7.55. The van der Waals surface area contributed by atoms with Crippen molar-refractivity contribution in [3.63, 3.8) is 0 Å². The molecule has 6 heteroatoms. The molecule has 1 amide bonds. The maximum atomic E-state index is 12.7. The molecule has 0 aromatic heterocycles. The van der Waals surface area contributed by atoms with Crippen LogP contribution in [-0.4, -0.2) is 43.0 Å². The van der Waals surface area contributed by atoms with Gasteiger partial charge in [0.15, 0.2) is 0 Å². The normalized spacial score (nSPS) is 15.8. The number of nitrogens with two attached hydrogens (primary N) is 1. The zero-order chi connectivity index (χ0) is 18.7. The van der Waals surface area contributed by atoms with Crippen LogP contribution >= 0.6 is 23.2 Å². The van der Waals surface area contributed by atoms with Gasteiger partial charge in [-0.3, -0.25) is 4.79 Å². The maximum absolute atomic E-state index is 12.7. The summed E-state index contributed by atoms with van der Waals surface area (Å²) in [7, 11) is 0. The third-order valence-corrected chi connectivity index (χ3v) is 5.28. The topological polar surface area (TPSA) is 49.6 Å². The average Bonchev–Trinajstić information content (AvgIpc) is 2.65. The first-order chi connectivity index (χ1) is 12.4. The monoisotopic (exact) mass is 391 g/mol. The van der Waals surface area contributed by atoms with E-state index in [-0.39, 0.29) is 5.91 Å². The van der Waals surface area contributed by atoms with Gasteiger partial charge in [0.2, 0.25) is 5.91 Å². The summed E-state index contributed by atoms with van der Waals surface area (Å²) in [5.74, 6) is 0.00224. The average molecular weight is 392 g/mol. The molecule has 1 heterocycles. The predicted octanol–water partition coefficient (Wildman–Crippen LogP) is 3.52. The number of aryl methyl sites for hydroxylation is 1. The SMILES string of the molecule is Cc1ccc(Cl)cc1N1CCN(C(=O)C(N)Cc2ccc(Cl)cc2)CC1. The number of carbonyl (C=O) groups excluding carboxylic acids is 1. The van der Waals surface area contributed by atoms with E-state index < -0.39 is 6.04 Å². The van der Waals surface area contributed by atoms with E-state index in [9.17, 15) is 4.79 Å². The molecule has 0 spiro atoms. The smallest absolute Gasteiger partial charge is 0.239 e. The lowest BCUT2D eigenvalue weighted by Gasteiger charge is -2.37. The van der Waals surface area contributed by atoms with Crippen LogP contribution in [0.3, 0.4) is 0 Å². The molecule has 3 rings (SSSR count). The minimum Gasteiger partial charge on any atom is -0.368 e. The molecule has 26 heavy (non-hydrogen) atoms. The van der Waals surface area contributed by atoms with Crippen molar-refractivity contribution in [2.24, 2.45) is 5.73 Å². The second kappa shape index (κ2) is 8.30. The highest BCUT2D eigenvalue weighted by atomic mass is 35.5. The zero-order valence-electron chi connectivity index (χ0n) is 14.8. The summed E-state index contributed by atoms with van der Waals surface area (Å²) in [6.45, 7) is 4.96. The zero-order valence-corrected chi connectivity index (χ0v) is 16.3. The Hall–Kier alpha value is -1.75. The van der Waals surface area contributed by atoms with Crippen LogP contribution in [0.2, 0.25) is 10.0 Å². The molecule has 2 N–H and O–H groups in total. The fourth-order valence-electron chi connectivity index (χ4n) is 3.29. The van der Waals surface area contributed by atoms with Gasteiger partial charge >= 0.3 is 0 Å². The Morgan fingerprint density at radius 3 is 2.31 bits per heavy atom. The van der Waals surface area contributed by atoms with Crippen molar-refractivity contribution in [3.05, 3.63) is 63.6 Å². The van der Waals surface area contributed by atoms with Crippen molar-refractivity contribution in [1.82, 2.24) is 4.90 Å². The Kier molecular flexibility index (Phi) is 6.07. The quantitative estimate of drug-likeness (QED) is 0.866. The van der Waals surface area contributed by atoms with Gasteiger partial charge in [0.1, 0.15) is 0 Å². The Labute approximate surface area is 164 Å². The van der Waals surface area contributed by atoms with Crippen molar-refractivity contribution in [2.45, 2.75) is 19.4 Å². The highest BCUT2D eigenvalue weighted by Crippen LogP contribution is 2.25. The van der Waals surface area contributed by atoms with Crippen LogP contribution in [0.4, 0.5) is 5.69 Å². The standard InChI is InChI=1S/C20H23Cl2N3O/c1-14-2-5-17(22)13-19(14)24-8-10-25(11-9-24)20(26)18(23)12-15-3-6-16(21)7-4-15/h2-7,13,18H,8-12,23H2,1H3. The highest BCUT2D eigenvalue weighted by molar-refractivity contribution is 6.31. The summed E-state index contributed by atoms with van der Waals surface area (Å²) in [5.41, 5.74) is 9.49. The van der Waals surface area contributed by atoms with Gasteiger partial charge in [-0.2, -0.15) is 0 Å². The van der Waals surface area contributed by atoms with Crippen molar-refractivity contribution in [1.29, 1.82) is 0 Å². The molecule has 0 saturated carbocycles. The lowest BCUT2D eigenvalue weighted by Crippen LogP contribution is -2.53. The van der Waals surface area contributed by atoms with Gasteiger partial charge in [-0.05, 0) is 48.7 Å². The number of piperazine rings is 1. The number of nitrogens with zero attached hydrogens (tertiary/aromatic N) is 2. The third-order valence-electron chi connectivity index (χ3n) is 4.79. The fraction of sp³-hybridized carbons (Fsp3) is 0.350. The molecule has 1 aliphatic heterocycles. The van der Waals surface area contributed by atoms with E-state index in [2.05, 4.69) is 11.8 Å². The number of anilines is 1. The van der Waals surface area contributed by atoms with E-state index in [4.69, 9.17) is 28.9 Å². The molecule has 1 saturated heterocycles. The minimum absolute atomic E-state index is 0.00224. The number of hydrogen-bond acceptors (Lipinski definition) is 3.